The molecule has 0 heterocycles. The largest absolute Gasteiger partial charge is 0.504 e. The van der Waals surface area contributed by atoms with Gasteiger partial charge in [0, 0.05) is 18.3 Å². The van der Waals surface area contributed by atoms with Gasteiger partial charge in [0.2, 0.25) is 0 Å². The molecular formula is C16H27N3O2. The van der Waals surface area contributed by atoms with Crippen molar-refractivity contribution in [2.45, 2.75) is 12.8 Å². The fourth-order valence-electron chi connectivity index (χ4n) is 1.91. The van der Waals surface area contributed by atoms with Gasteiger partial charge in [0.05, 0.1) is 7.11 Å². The molecule has 0 radical (unpaired) electrons. The number of phenols is 1. The molecule has 0 saturated carbocycles. The van der Waals surface area contributed by atoms with Crippen LogP contribution in [0.3, 0.4) is 0 Å². The Bertz CT molecular complexity index is 434. The molecule has 5 heteroatoms. The SMILES string of the molecule is COc1cccc(C=NCCCNCCCN(C)C)c1O. The zero-order valence-electron chi connectivity index (χ0n) is 13.3. The Labute approximate surface area is 127 Å². The number of nitrogens with one attached hydrogen (secondary N) is 1. The molecule has 1 aromatic rings. The molecule has 0 atom stereocenters. The predicted octanol–water partition coefficient (Wildman–Crippen LogP) is 1.75. The van der Waals surface area contributed by atoms with Crippen LogP contribution < -0.4 is 10.1 Å². The highest BCUT2D eigenvalue weighted by molar-refractivity contribution is 5.84. The third-order valence-corrected chi connectivity index (χ3v) is 3.08. The van der Waals surface area contributed by atoms with Gasteiger partial charge in [-0.2, -0.15) is 0 Å². The standard InChI is InChI=1S/C16H27N3O2/c1-19(2)12-6-11-17-9-5-10-18-13-14-7-4-8-15(21-3)16(14)20/h4,7-8,13,17,20H,5-6,9-12H2,1-3H3. The topological polar surface area (TPSA) is 57.1 Å². The van der Waals surface area contributed by atoms with E-state index >= 15 is 0 Å². The summed E-state index contributed by atoms with van der Waals surface area (Å²) in [5.41, 5.74) is 0.688. The zero-order chi connectivity index (χ0) is 15.5. The van der Waals surface area contributed by atoms with Crippen LogP contribution in [0, 0.1) is 0 Å². The lowest BCUT2D eigenvalue weighted by atomic mass is 10.2. The molecule has 1 rings (SSSR count). The third-order valence-electron chi connectivity index (χ3n) is 3.08. The summed E-state index contributed by atoms with van der Waals surface area (Å²) in [5, 5.41) is 13.3. The van der Waals surface area contributed by atoms with E-state index in [1.54, 1.807) is 12.3 Å². The van der Waals surface area contributed by atoms with E-state index < -0.39 is 0 Å². The molecule has 0 aliphatic carbocycles. The first-order valence-electron chi connectivity index (χ1n) is 7.36. The quantitative estimate of drug-likeness (QED) is 0.510. The van der Waals surface area contributed by atoms with Crippen LogP contribution in [0.4, 0.5) is 0 Å². The molecule has 5 nitrogen and oxygen atoms in total. The second-order valence-electron chi connectivity index (χ2n) is 5.19. The van der Waals surface area contributed by atoms with E-state index in [9.17, 15) is 5.11 Å². The van der Waals surface area contributed by atoms with E-state index in [1.807, 2.05) is 12.1 Å². The van der Waals surface area contributed by atoms with Crippen LogP contribution in [0.15, 0.2) is 23.2 Å². The van der Waals surface area contributed by atoms with Gasteiger partial charge >= 0.3 is 0 Å². The van der Waals surface area contributed by atoms with E-state index in [4.69, 9.17) is 4.74 Å². The second-order valence-corrected chi connectivity index (χ2v) is 5.19. The van der Waals surface area contributed by atoms with E-state index in [0.717, 1.165) is 39.0 Å². The summed E-state index contributed by atoms with van der Waals surface area (Å²) in [5.74, 6) is 0.618. The summed E-state index contributed by atoms with van der Waals surface area (Å²) in [4.78, 5) is 6.52. The summed E-state index contributed by atoms with van der Waals surface area (Å²) in [6, 6.07) is 5.39. The maximum absolute atomic E-state index is 9.90. The number of aromatic hydroxyl groups is 1. The highest BCUT2D eigenvalue weighted by atomic mass is 16.5. The van der Waals surface area contributed by atoms with Crippen molar-refractivity contribution in [1.82, 2.24) is 10.2 Å². The van der Waals surface area contributed by atoms with Gasteiger partial charge in [0.15, 0.2) is 11.5 Å². The number of rotatable bonds is 10. The molecule has 0 aromatic heterocycles. The van der Waals surface area contributed by atoms with Gasteiger partial charge in [-0.3, -0.25) is 4.99 Å². The van der Waals surface area contributed by atoms with Crippen molar-refractivity contribution in [2.24, 2.45) is 4.99 Å². The van der Waals surface area contributed by atoms with Crippen LogP contribution in [-0.4, -0.2) is 63.6 Å². The average molecular weight is 293 g/mol. The van der Waals surface area contributed by atoms with Gasteiger partial charge in [-0.25, -0.2) is 0 Å². The maximum atomic E-state index is 9.90. The molecule has 0 amide bonds. The number of methoxy groups -OCH3 is 1. The molecule has 0 saturated heterocycles. The van der Waals surface area contributed by atoms with Crippen LogP contribution in [0.25, 0.3) is 0 Å². The van der Waals surface area contributed by atoms with Crippen molar-refractivity contribution in [3.05, 3.63) is 23.8 Å². The number of hydrogen-bond acceptors (Lipinski definition) is 5. The predicted molar refractivity (Wildman–Crippen MR) is 87.8 cm³/mol. The number of nitrogens with zero attached hydrogens (tertiary/aromatic N) is 2. The van der Waals surface area contributed by atoms with E-state index in [2.05, 4.69) is 29.3 Å². The number of phenolic OH excluding ortho intramolecular Hbond substituents is 1. The van der Waals surface area contributed by atoms with Gasteiger partial charge in [0.1, 0.15) is 0 Å². The Balaban J connectivity index is 2.18. The fourth-order valence-corrected chi connectivity index (χ4v) is 1.91. The molecular weight excluding hydrogens is 266 g/mol. The molecule has 0 aliphatic heterocycles. The first-order chi connectivity index (χ1) is 10.1. The Morgan fingerprint density at radius 3 is 2.76 bits per heavy atom. The minimum Gasteiger partial charge on any atom is -0.504 e. The summed E-state index contributed by atoms with van der Waals surface area (Å²) in [7, 11) is 5.71. The molecule has 1 aromatic carbocycles. The van der Waals surface area contributed by atoms with Crippen LogP contribution in [0.1, 0.15) is 18.4 Å². The number of ether oxygens (including phenoxy) is 1. The third kappa shape index (κ3) is 7.11. The molecule has 2 N–H and O–H groups in total. The van der Waals surface area contributed by atoms with Crippen molar-refractivity contribution >= 4 is 6.21 Å². The van der Waals surface area contributed by atoms with Crippen LogP contribution in [-0.2, 0) is 0 Å². The Morgan fingerprint density at radius 2 is 2.05 bits per heavy atom. The van der Waals surface area contributed by atoms with Gasteiger partial charge in [-0.05, 0) is 58.7 Å². The average Bonchev–Trinajstić information content (AvgIpc) is 2.46. The highest BCUT2D eigenvalue weighted by Gasteiger charge is 2.04. The monoisotopic (exact) mass is 293 g/mol. The number of para-hydroxylation sites is 1. The minimum absolute atomic E-state index is 0.144. The lowest BCUT2D eigenvalue weighted by Crippen LogP contribution is -2.22. The molecule has 0 aliphatic rings. The summed E-state index contributed by atoms with van der Waals surface area (Å²) < 4.78 is 5.06. The first kappa shape index (κ1) is 17.5. The van der Waals surface area contributed by atoms with Gasteiger partial charge in [-0.1, -0.05) is 6.07 Å². The molecule has 0 unspecified atom stereocenters. The lowest BCUT2D eigenvalue weighted by molar-refractivity contribution is 0.373. The van der Waals surface area contributed by atoms with Crippen molar-refractivity contribution in [1.29, 1.82) is 0 Å². The molecule has 0 fully saturated rings. The zero-order valence-corrected chi connectivity index (χ0v) is 13.3. The van der Waals surface area contributed by atoms with Gasteiger partial charge < -0.3 is 20.1 Å². The Morgan fingerprint density at radius 1 is 1.29 bits per heavy atom. The number of aliphatic imine (C=N–C) groups is 1. The summed E-state index contributed by atoms with van der Waals surface area (Å²) >= 11 is 0. The normalized spacial score (nSPS) is 11.4. The lowest BCUT2D eigenvalue weighted by Gasteiger charge is -2.09. The summed E-state index contributed by atoms with van der Waals surface area (Å²) in [6.07, 6.45) is 3.85. The maximum Gasteiger partial charge on any atom is 0.166 e. The van der Waals surface area contributed by atoms with Crippen LogP contribution >= 0.6 is 0 Å². The molecule has 118 valence electrons. The molecule has 0 spiro atoms. The van der Waals surface area contributed by atoms with Crippen molar-refractivity contribution in [3.8, 4) is 11.5 Å². The van der Waals surface area contributed by atoms with Crippen LogP contribution in [0.2, 0.25) is 0 Å². The number of hydrogen-bond donors (Lipinski definition) is 2. The van der Waals surface area contributed by atoms with Gasteiger partial charge in [-0.15, -0.1) is 0 Å². The molecule has 0 bridgehead atoms. The van der Waals surface area contributed by atoms with Crippen molar-refractivity contribution in [3.63, 3.8) is 0 Å². The first-order valence-corrected chi connectivity index (χ1v) is 7.36. The highest BCUT2D eigenvalue weighted by Crippen LogP contribution is 2.27. The van der Waals surface area contributed by atoms with Crippen LogP contribution in [0.5, 0.6) is 11.5 Å². The fraction of sp³-hybridized carbons (Fsp3) is 0.562. The second kappa shape index (κ2) is 10.2. The van der Waals surface area contributed by atoms with Crippen molar-refractivity contribution in [2.75, 3.05) is 47.4 Å². The van der Waals surface area contributed by atoms with Gasteiger partial charge in [0.25, 0.3) is 0 Å². The smallest absolute Gasteiger partial charge is 0.166 e. The van der Waals surface area contributed by atoms with E-state index in [0.29, 0.717) is 11.3 Å². The van der Waals surface area contributed by atoms with Crippen molar-refractivity contribution < 1.29 is 9.84 Å². The Hall–Kier alpha value is -1.59. The molecule has 21 heavy (non-hydrogen) atoms. The number of benzene rings is 1. The van der Waals surface area contributed by atoms with E-state index in [-0.39, 0.29) is 5.75 Å². The van der Waals surface area contributed by atoms with E-state index in [1.165, 1.54) is 7.11 Å². The minimum atomic E-state index is 0.144. The Kier molecular flexibility index (Phi) is 8.47. The summed E-state index contributed by atoms with van der Waals surface area (Å²) in [6.45, 7) is 3.87.